The van der Waals surface area contributed by atoms with Gasteiger partial charge in [-0.05, 0) is 5.92 Å². The third-order valence-corrected chi connectivity index (χ3v) is 3.76. The van der Waals surface area contributed by atoms with Crippen molar-refractivity contribution in [3.8, 4) is 0 Å². The SMILES string of the molecule is CCCCCCCCCCC[C@H](C)CC(=O)CNC=O. The molecule has 0 saturated carbocycles. The number of rotatable bonds is 15. The average Bonchev–Trinajstić information content (AvgIpc) is 2.43. The van der Waals surface area contributed by atoms with Gasteiger partial charge >= 0.3 is 0 Å². The first kappa shape index (κ1) is 19.1. The summed E-state index contributed by atoms with van der Waals surface area (Å²) in [5.41, 5.74) is 0. The van der Waals surface area contributed by atoms with E-state index in [1.54, 1.807) is 0 Å². The van der Waals surface area contributed by atoms with Crippen molar-refractivity contribution in [3.63, 3.8) is 0 Å². The van der Waals surface area contributed by atoms with Crippen LogP contribution in [0.1, 0.15) is 84.5 Å². The Bertz CT molecular complexity index is 241. The summed E-state index contributed by atoms with van der Waals surface area (Å²) >= 11 is 0. The molecule has 1 N–H and O–H groups in total. The molecule has 0 aromatic rings. The van der Waals surface area contributed by atoms with Gasteiger partial charge in [0.2, 0.25) is 6.41 Å². The maximum Gasteiger partial charge on any atom is 0.207 e. The number of nitrogens with one attached hydrogen (secondary N) is 1. The molecule has 0 saturated heterocycles. The van der Waals surface area contributed by atoms with Crippen LogP contribution in [0.2, 0.25) is 0 Å². The van der Waals surface area contributed by atoms with Crippen molar-refractivity contribution >= 4 is 12.2 Å². The molecule has 0 aliphatic heterocycles. The van der Waals surface area contributed by atoms with Gasteiger partial charge in [0.15, 0.2) is 5.78 Å². The van der Waals surface area contributed by atoms with E-state index in [9.17, 15) is 9.59 Å². The fourth-order valence-corrected chi connectivity index (χ4v) is 2.52. The van der Waals surface area contributed by atoms with E-state index in [0.29, 0.717) is 18.7 Å². The van der Waals surface area contributed by atoms with Crippen LogP contribution in [0, 0.1) is 5.92 Å². The zero-order chi connectivity index (χ0) is 15.1. The highest BCUT2D eigenvalue weighted by molar-refractivity contribution is 5.82. The zero-order valence-electron chi connectivity index (χ0n) is 13.5. The third-order valence-electron chi connectivity index (χ3n) is 3.76. The molecule has 0 aromatic heterocycles. The number of ketones is 1. The predicted octanol–water partition coefficient (Wildman–Crippen LogP) is 4.25. The lowest BCUT2D eigenvalue weighted by molar-refractivity contribution is -0.121. The molecule has 0 radical (unpaired) electrons. The molecule has 0 aliphatic carbocycles. The van der Waals surface area contributed by atoms with Crippen LogP contribution < -0.4 is 5.32 Å². The minimum Gasteiger partial charge on any atom is -0.352 e. The summed E-state index contributed by atoms with van der Waals surface area (Å²) in [7, 11) is 0. The summed E-state index contributed by atoms with van der Waals surface area (Å²) < 4.78 is 0. The summed E-state index contributed by atoms with van der Waals surface area (Å²) in [6, 6.07) is 0. The van der Waals surface area contributed by atoms with Crippen LogP contribution in [0.25, 0.3) is 0 Å². The Labute approximate surface area is 124 Å². The molecular weight excluding hydrogens is 250 g/mol. The maximum absolute atomic E-state index is 11.5. The number of hydrogen-bond acceptors (Lipinski definition) is 2. The molecule has 1 amide bonds. The second-order valence-corrected chi connectivity index (χ2v) is 5.96. The number of carbonyl (C=O) groups excluding carboxylic acids is 2. The molecule has 0 heterocycles. The molecular formula is C17H33NO2. The summed E-state index contributed by atoms with van der Waals surface area (Å²) in [6.07, 6.45) is 14.4. The van der Waals surface area contributed by atoms with Gasteiger partial charge < -0.3 is 5.32 Å². The molecule has 0 aliphatic rings. The topological polar surface area (TPSA) is 46.2 Å². The van der Waals surface area contributed by atoms with Crippen LogP contribution >= 0.6 is 0 Å². The molecule has 0 unspecified atom stereocenters. The highest BCUT2D eigenvalue weighted by Crippen LogP contribution is 2.15. The maximum atomic E-state index is 11.5. The van der Waals surface area contributed by atoms with Gasteiger partial charge in [0.05, 0.1) is 6.54 Å². The van der Waals surface area contributed by atoms with E-state index in [1.807, 2.05) is 0 Å². The lowest BCUT2D eigenvalue weighted by atomic mass is 9.97. The van der Waals surface area contributed by atoms with E-state index in [2.05, 4.69) is 19.2 Å². The Kier molecular flexibility index (Phi) is 13.9. The van der Waals surface area contributed by atoms with Crippen molar-refractivity contribution in [2.45, 2.75) is 84.5 Å². The van der Waals surface area contributed by atoms with E-state index in [0.717, 1.165) is 6.42 Å². The largest absolute Gasteiger partial charge is 0.352 e. The zero-order valence-corrected chi connectivity index (χ0v) is 13.5. The lowest BCUT2D eigenvalue weighted by Gasteiger charge is -2.10. The second-order valence-electron chi connectivity index (χ2n) is 5.96. The van der Waals surface area contributed by atoms with Crippen LogP contribution in [-0.4, -0.2) is 18.7 Å². The third kappa shape index (κ3) is 13.6. The van der Waals surface area contributed by atoms with E-state index >= 15 is 0 Å². The lowest BCUT2D eigenvalue weighted by Crippen LogP contribution is -2.22. The van der Waals surface area contributed by atoms with Crippen LogP contribution in [-0.2, 0) is 9.59 Å². The molecule has 20 heavy (non-hydrogen) atoms. The predicted molar refractivity (Wildman–Crippen MR) is 84.7 cm³/mol. The van der Waals surface area contributed by atoms with Crippen molar-refractivity contribution in [2.24, 2.45) is 5.92 Å². The number of unbranched alkanes of at least 4 members (excludes halogenated alkanes) is 8. The summed E-state index contributed by atoms with van der Waals surface area (Å²) in [4.78, 5) is 21.5. The van der Waals surface area contributed by atoms with Gasteiger partial charge in [0.25, 0.3) is 0 Å². The van der Waals surface area contributed by atoms with Gasteiger partial charge in [-0.25, -0.2) is 0 Å². The number of carbonyl (C=O) groups is 2. The van der Waals surface area contributed by atoms with E-state index < -0.39 is 0 Å². The highest BCUT2D eigenvalue weighted by Gasteiger charge is 2.08. The van der Waals surface area contributed by atoms with Crippen LogP contribution in [0.5, 0.6) is 0 Å². The fraction of sp³-hybridized carbons (Fsp3) is 0.882. The van der Waals surface area contributed by atoms with Crippen molar-refractivity contribution in [2.75, 3.05) is 6.54 Å². The van der Waals surface area contributed by atoms with Crippen molar-refractivity contribution < 1.29 is 9.59 Å². The molecule has 0 bridgehead atoms. The Morgan fingerprint density at radius 1 is 1.00 bits per heavy atom. The minimum atomic E-state index is 0.139. The number of hydrogen-bond donors (Lipinski definition) is 1. The molecule has 0 aromatic carbocycles. The first-order valence-corrected chi connectivity index (χ1v) is 8.39. The van der Waals surface area contributed by atoms with Gasteiger partial charge in [-0.1, -0.05) is 78.1 Å². The monoisotopic (exact) mass is 283 g/mol. The summed E-state index contributed by atoms with van der Waals surface area (Å²) in [6.45, 7) is 4.57. The second kappa shape index (κ2) is 14.5. The first-order valence-electron chi connectivity index (χ1n) is 8.39. The van der Waals surface area contributed by atoms with Gasteiger partial charge in [-0.2, -0.15) is 0 Å². The van der Waals surface area contributed by atoms with Gasteiger partial charge in [0, 0.05) is 6.42 Å². The number of Topliss-reactive ketones (excluding diaryl/α,β-unsaturated/α-hetero) is 1. The quantitative estimate of drug-likeness (QED) is 0.361. The molecule has 118 valence electrons. The molecule has 0 spiro atoms. The molecule has 1 atom stereocenters. The molecule has 0 fully saturated rings. The van der Waals surface area contributed by atoms with Gasteiger partial charge in [-0.3, -0.25) is 9.59 Å². The van der Waals surface area contributed by atoms with Crippen molar-refractivity contribution in [1.82, 2.24) is 5.32 Å². The van der Waals surface area contributed by atoms with Gasteiger partial charge in [0.1, 0.15) is 0 Å². The Hall–Kier alpha value is -0.860. The van der Waals surface area contributed by atoms with Crippen LogP contribution in [0.15, 0.2) is 0 Å². The normalized spacial score (nSPS) is 12.1. The summed E-state index contributed by atoms with van der Waals surface area (Å²) in [5.74, 6) is 0.584. The Morgan fingerprint density at radius 2 is 1.55 bits per heavy atom. The van der Waals surface area contributed by atoms with Crippen LogP contribution in [0.4, 0.5) is 0 Å². The highest BCUT2D eigenvalue weighted by atomic mass is 16.1. The van der Waals surface area contributed by atoms with Crippen LogP contribution in [0.3, 0.4) is 0 Å². The summed E-state index contributed by atoms with van der Waals surface area (Å²) in [5, 5.41) is 2.43. The van der Waals surface area contributed by atoms with Crippen molar-refractivity contribution in [1.29, 1.82) is 0 Å². The Balaban J connectivity index is 3.28. The Morgan fingerprint density at radius 3 is 2.10 bits per heavy atom. The minimum absolute atomic E-state index is 0.139. The molecule has 0 rings (SSSR count). The molecule has 3 heteroatoms. The average molecular weight is 283 g/mol. The molecule has 3 nitrogen and oxygen atoms in total. The fourth-order valence-electron chi connectivity index (χ4n) is 2.52. The van der Waals surface area contributed by atoms with E-state index in [1.165, 1.54) is 57.8 Å². The van der Waals surface area contributed by atoms with Gasteiger partial charge in [-0.15, -0.1) is 0 Å². The number of amides is 1. The standard InChI is InChI=1S/C17H33NO2/c1-3-4-5-6-7-8-9-10-11-12-16(2)13-17(20)14-18-15-19/h15-16H,3-14H2,1-2H3,(H,18,19)/t16-/m0/s1. The van der Waals surface area contributed by atoms with E-state index in [4.69, 9.17) is 0 Å². The van der Waals surface area contributed by atoms with Crippen molar-refractivity contribution in [3.05, 3.63) is 0 Å². The first-order chi connectivity index (χ1) is 9.70. The smallest absolute Gasteiger partial charge is 0.207 e. The van der Waals surface area contributed by atoms with E-state index in [-0.39, 0.29) is 12.3 Å².